The van der Waals surface area contributed by atoms with Gasteiger partial charge in [0.2, 0.25) is 11.8 Å². The molecule has 2 N–H and O–H groups in total. The second-order valence-electron chi connectivity index (χ2n) is 13.8. The summed E-state index contributed by atoms with van der Waals surface area (Å²) in [5.74, 6) is -7.35. The third kappa shape index (κ3) is 18.1. The van der Waals surface area contributed by atoms with Gasteiger partial charge in [0.25, 0.3) is 11.7 Å². The zero-order valence-electron chi connectivity index (χ0n) is 35.5. The van der Waals surface area contributed by atoms with Crippen LogP contribution in [-0.4, -0.2) is 141 Å². The first-order valence-electron chi connectivity index (χ1n) is 19.6. The van der Waals surface area contributed by atoms with E-state index in [1.54, 1.807) is 31.2 Å². The number of nitrogens with one attached hydrogen (secondary N) is 2. The molecule has 1 aliphatic rings. The Morgan fingerprint density at radius 3 is 2.18 bits per heavy atom. The predicted molar refractivity (Wildman–Crippen MR) is 214 cm³/mol. The van der Waals surface area contributed by atoms with Gasteiger partial charge in [0.1, 0.15) is 18.8 Å². The summed E-state index contributed by atoms with van der Waals surface area (Å²) >= 11 is 5.96. The number of halogens is 1. The van der Waals surface area contributed by atoms with Crippen LogP contribution in [0.3, 0.4) is 0 Å². The Morgan fingerprint density at radius 1 is 0.919 bits per heavy atom. The Bertz CT molecular complexity index is 1780. The first-order chi connectivity index (χ1) is 29.3. The predicted octanol–water partition coefficient (Wildman–Crippen LogP) is 1.10. The van der Waals surface area contributed by atoms with Crippen molar-refractivity contribution in [3.05, 3.63) is 34.9 Å². The van der Waals surface area contributed by atoms with Crippen LogP contribution in [0, 0.1) is 12.3 Å². The molecule has 0 aromatic heterocycles. The molecule has 21 heteroatoms. The van der Waals surface area contributed by atoms with Crippen LogP contribution in [-0.2, 0) is 87.5 Å². The molecule has 6 atom stereocenters. The molecule has 0 unspecified atom stereocenters. The van der Waals surface area contributed by atoms with Crippen molar-refractivity contribution in [1.82, 2.24) is 15.5 Å². The zero-order chi connectivity index (χ0) is 46.4. The summed E-state index contributed by atoms with van der Waals surface area (Å²) < 4.78 is 44.1. The lowest BCUT2D eigenvalue weighted by Gasteiger charge is -2.48. The van der Waals surface area contributed by atoms with Gasteiger partial charge < -0.3 is 53.4 Å². The standard InChI is InChI=1S/C41H54ClN3O17/c1-8-18-45(23-36(53)56-9-2)35(52)13-11-10-12-19-58-41(40(54)55-7)21-31(59-26(4)47)37(44-34(51)24-57-25(3)46)39(62-41)38(61-28(6)49)32(60-27(5)48)22-43-33(50)20-29-14-16-30(42)17-15-29/h1,14-17,31-32,37-39H,9-13,18-24H2,2-7H3,(H,43,50)(H,44,51)/t31-,32+,37+,38+,39+,41+/m0/s1. The molecule has 1 aromatic rings. The molecule has 2 rings (SSSR count). The van der Waals surface area contributed by atoms with Gasteiger partial charge in [-0.15, -0.1) is 6.42 Å². The molecule has 62 heavy (non-hydrogen) atoms. The molecule has 3 amide bonds. The molecule has 1 saturated heterocycles. The summed E-state index contributed by atoms with van der Waals surface area (Å²) in [6.07, 6.45) is -1.24. The molecule has 0 radical (unpaired) electrons. The minimum Gasteiger partial charge on any atom is -0.465 e. The Labute approximate surface area is 364 Å². The number of hydrogen-bond acceptors (Lipinski definition) is 17. The van der Waals surface area contributed by atoms with E-state index in [0.717, 1.165) is 34.8 Å². The summed E-state index contributed by atoms with van der Waals surface area (Å²) in [6.45, 7) is 3.90. The number of amides is 3. The monoisotopic (exact) mass is 895 g/mol. The smallest absolute Gasteiger partial charge is 0.366 e. The van der Waals surface area contributed by atoms with Crippen molar-refractivity contribution >= 4 is 65.1 Å². The molecule has 1 heterocycles. The number of benzene rings is 1. The molecule has 0 aliphatic carbocycles. The summed E-state index contributed by atoms with van der Waals surface area (Å²) in [6, 6.07) is 4.87. The van der Waals surface area contributed by atoms with Gasteiger partial charge in [-0.1, -0.05) is 36.1 Å². The van der Waals surface area contributed by atoms with Crippen LogP contribution in [0.4, 0.5) is 0 Å². The second-order valence-corrected chi connectivity index (χ2v) is 14.2. The number of terminal acetylenes is 1. The maximum atomic E-state index is 13.7. The van der Waals surface area contributed by atoms with Crippen molar-refractivity contribution in [3.63, 3.8) is 0 Å². The van der Waals surface area contributed by atoms with Crippen molar-refractivity contribution in [2.45, 2.75) is 109 Å². The molecule has 1 aromatic carbocycles. The molecule has 1 aliphatic heterocycles. The van der Waals surface area contributed by atoms with Crippen LogP contribution in [0.2, 0.25) is 5.02 Å². The number of ether oxygens (including phenoxy) is 8. The average Bonchev–Trinajstić information content (AvgIpc) is 3.19. The first kappa shape index (κ1) is 52.4. The van der Waals surface area contributed by atoms with Gasteiger partial charge in [-0.05, 0) is 37.5 Å². The second kappa shape index (κ2) is 26.5. The lowest BCUT2D eigenvalue weighted by Crippen LogP contribution is -2.70. The maximum Gasteiger partial charge on any atom is 0.366 e. The van der Waals surface area contributed by atoms with Crippen molar-refractivity contribution < 1.29 is 81.0 Å². The fourth-order valence-corrected chi connectivity index (χ4v) is 6.38. The normalized spacial score (nSPS) is 18.9. The Morgan fingerprint density at radius 2 is 1.60 bits per heavy atom. The van der Waals surface area contributed by atoms with Crippen LogP contribution in [0.15, 0.2) is 24.3 Å². The molecule has 20 nitrogen and oxygen atoms in total. The Balaban J connectivity index is 2.53. The van der Waals surface area contributed by atoms with E-state index < -0.39 is 109 Å². The van der Waals surface area contributed by atoms with E-state index in [4.69, 9.17) is 55.9 Å². The van der Waals surface area contributed by atoms with E-state index in [2.05, 4.69) is 16.6 Å². The van der Waals surface area contributed by atoms with E-state index in [1.807, 2.05) is 0 Å². The van der Waals surface area contributed by atoms with Crippen LogP contribution in [0.1, 0.15) is 72.3 Å². The quantitative estimate of drug-likeness (QED) is 0.0638. The molecular weight excluding hydrogens is 842 g/mol. The number of esters is 6. The van der Waals surface area contributed by atoms with Gasteiger partial charge in [0, 0.05) is 39.1 Å². The third-order valence-electron chi connectivity index (χ3n) is 8.82. The van der Waals surface area contributed by atoms with Gasteiger partial charge >= 0.3 is 35.8 Å². The Hall–Kier alpha value is -5.78. The minimum absolute atomic E-state index is 0.00287. The van der Waals surface area contributed by atoms with E-state index in [0.29, 0.717) is 23.4 Å². The number of nitrogens with zero attached hydrogens (tertiary/aromatic N) is 1. The highest BCUT2D eigenvalue weighted by Crippen LogP contribution is 2.37. The van der Waals surface area contributed by atoms with Crippen molar-refractivity contribution in [2.24, 2.45) is 0 Å². The number of unbranched alkanes of at least 4 members (excludes halogenated alkanes) is 2. The highest BCUT2D eigenvalue weighted by molar-refractivity contribution is 6.30. The lowest BCUT2D eigenvalue weighted by atomic mass is 9.87. The molecule has 0 bridgehead atoms. The average molecular weight is 896 g/mol. The molecule has 0 saturated carbocycles. The van der Waals surface area contributed by atoms with E-state index in [-0.39, 0.29) is 45.6 Å². The van der Waals surface area contributed by atoms with Crippen molar-refractivity contribution in [1.29, 1.82) is 0 Å². The van der Waals surface area contributed by atoms with Gasteiger partial charge in [-0.3, -0.25) is 38.4 Å². The van der Waals surface area contributed by atoms with E-state index in [9.17, 15) is 43.2 Å². The molecule has 1 fully saturated rings. The van der Waals surface area contributed by atoms with Gasteiger partial charge in [-0.2, -0.15) is 0 Å². The number of methoxy groups -OCH3 is 1. The fourth-order valence-electron chi connectivity index (χ4n) is 6.26. The minimum atomic E-state index is -2.45. The molecular formula is C41H54ClN3O17. The largest absolute Gasteiger partial charge is 0.465 e. The Kier molecular flexibility index (Phi) is 22.4. The van der Waals surface area contributed by atoms with Gasteiger partial charge in [0.15, 0.2) is 18.8 Å². The van der Waals surface area contributed by atoms with E-state index in [1.165, 1.54) is 4.90 Å². The van der Waals surface area contributed by atoms with Crippen LogP contribution in [0.5, 0.6) is 0 Å². The summed E-state index contributed by atoms with van der Waals surface area (Å²) in [5, 5.41) is 5.59. The summed E-state index contributed by atoms with van der Waals surface area (Å²) in [7, 11) is 1.02. The number of carbonyl (C=O) groups excluding carboxylic acids is 9. The molecule has 342 valence electrons. The van der Waals surface area contributed by atoms with Gasteiger partial charge in [0.05, 0.1) is 52.3 Å². The molecule has 0 spiro atoms. The maximum absolute atomic E-state index is 13.7. The number of carbonyl (C=O) groups is 9. The van der Waals surface area contributed by atoms with E-state index >= 15 is 0 Å². The topological polar surface area (TPSA) is 255 Å². The lowest BCUT2D eigenvalue weighted by molar-refractivity contribution is -0.313. The fraction of sp³-hybridized carbons (Fsp3) is 0.585. The first-order valence-corrected chi connectivity index (χ1v) is 19.9. The summed E-state index contributed by atoms with van der Waals surface area (Å²) in [5.41, 5.74) is 0.578. The van der Waals surface area contributed by atoms with Crippen LogP contribution < -0.4 is 10.6 Å². The van der Waals surface area contributed by atoms with Crippen LogP contribution >= 0.6 is 11.6 Å². The highest BCUT2D eigenvalue weighted by Gasteiger charge is 2.59. The number of rotatable bonds is 24. The highest BCUT2D eigenvalue weighted by atomic mass is 35.5. The van der Waals surface area contributed by atoms with Crippen molar-refractivity contribution in [3.8, 4) is 12.3 Å². The number of hydrogen-bond donors (Lipinski definition) is 2. The zero-order valence-corrected chi connectivity index (χ0v) is 36.3. The SMILES string of the molecule is C#CCN(CC(=O)OCC)C(=O)CCCCCO[C@]1(C(=O)OC)C[C@H](OC(C)=O)[C@@H](NC(=O)COC(C)=O)[C@H]([C@H](OC(C)=O)[C@@H](CNC(=O)Cc2ccc(Cl)cc2)OC(C)=O)O1. The van der Waals surface area contributed by atoms with Gasteiger partial charge in [-0.25, -0.2) is 4.79 Å². The van der Waals surface area contributed by atoms with Crippen LogP contribution in [0.25, 0.3) is 0 Å². The third-order valence-corrected chi connectivity index (χ3v) is 9.07. The van der Waals surface area contributed by atoms with Crippen molar-refractivity contribution in [2.75, 3.05) is 46.6 Å². The summed E-state index contributed by atoms with van der Waals surface area (Å²) in [4.78, 5) is 115.